The van der Waals surface area contributed by atoms with E-state index in [1.165, 1.54) is 0 Å². The number of anilines is 2. The maximum absolute atomic E-state index is 6.33. The lowest BCUT2D eigenvalue weighted by Gasteiger charge is -2.34. The fourth-order valence-electron chi connectivity index (χ4n) is 3.72. The molecule has 0 radical (unpaired) electrons. The zero-order chi connectivity index (χ0) is 19.3. The maximum atomic E-state index is 6.33. The molecule has 1 saturated heterocycles. The molecule has 0 bridgehead atoms. The second kappa shape index (κ2) is 7.37. The average Bonchev–Trinajstić information content (AvgIpc) is 3.42. The number of halogens is 1. The Morgan fingerprint density at radius 2 is 2.14 bits per heavy atom. The first-order chi connectivity index (χ1) is 13.6. The largest absolute Gasteiger partial charge is 0.382 e. The quantitative estimate of drug-likeness (QED) is 0.523. The summed E-state index contributed by atoms with van der Waals surface area (Å²) >= 11 is 0. The van der Waals surface area contributed by atoms with Gasteiger partial charge in [0, 0.05) is 31.4 Å². The van der Waals surface area contributed by atoms with Crippen LogP contribution in [0, 0.1) is 0 Å². The molecule has 4 aromatic rings. The van der Waals surface area contributed by atoms with E-state index < -0.39 is 0 Å². The smallest absolute Gasteiger partial charge is 0.169 e. The number of aryl methyl sites for hydroxylation is 1. The van der Waals surface area contributed by atoms with Gasteiger partial charge in [-0.15, -0.1) is 17.5 Å². The molecule has 152 valence electrons. The molecular formula is C18H22ClN9O. The Kier molecular flexibility index (Phi) is 4.89. The van der Waals surface area contributed by atoms with Crippen molar-refractivity contribution in [3.63, 3.8) is 0 Å². The van der Waals surface area contributed by atoms with Crippen LogP contribution in [0.2, 0.25) is 0 Å². The molecule has 1 fully saturated rings. The number of nitrogen functional groups attached to an aromatic ring is 1. The Hall–Kier alpha value is -3.11. The summed E-state index contributed by atoms with van der Waals surface area (Å²) < 4.78 is 9.12. The summed E-state index contributed by atoms with van der Waals surface area (Å²) in [6.07, 6.45) is 3.45. The van der Waals surface area contributed by atoms with Crippen LogP contribution < -0.4 is 10.6 Å². The molecule has 0 saturated carbocycles. The Morgan fingerprint density at radius 1 is 1.28 bits per heavy atom. The number of ether oxygens (including phenoxy) is 1. The lowest BCUT2D eigenvalue weighted by Crippen LogP contribution is -2.44. The molecule has 10 nitrogen and oxygen atoms in total. The second-order valence-corrected chi connectivity index (χ2v) is 6.92. The summed E-state index contributed by atoms with van der Waals surface area (Å²) in [7, 11) is 1.91. The summed E-state index contributed by atoms with van der Waals surface area (Å²) in [5.41, 5.74) is 8.90. The van der Waals surface area contributed by atoms with Crippen molar-refractivity contribution in [1.29, 1.82) is 0 Å². The first-order valence-electron chi connectivity index (χ1n) is 9.15. The first-order valence-corrected chi connectivity index (χ1v) is 9.15. The molecule has 0 amide bonds. The molecule has 5 heterocycles. The summed E-state index contributed by atoms with van der Waals surface area (Å²) in [5.74, 6) is 1.98. The highest BCUT2D eigenvalue weighted by atomic mass is 35.5. The second-order valence-electron chi connectivity index (χ2n) is 6.92. The minimum Gasteiger partial charge on any atom is -0.382 e. The summed E-state index contributed by atoms with van der Waals surface area (Å²) in [4.78, 5) is 7.19. The van der Waals surface area contributed by atoms with E-state index in [9.17, 15) is 0 Å². The SMILES string of the molecule is CC1COCCN1c1cc(-c2ccnn2C)c2c(N)nn(-c3ccn[nH]3)c2n1.Cl. The average molecular weight is 416 g/mol. The highest BCUT2D eigenvalue weighted by Crippen LogP contribution is 2.35. The number of nitrogens with one attached hydrogen (secondary N) is 1. The molecule has 0 aliphatic carbocycles. The third-order valence-corrected chi connectivity index (χ3v) is 5.12. The summed E-state index contributed by atoms with van der Waals surface area (Å²) in [5, 5.41) is 16.6. The predicted octanol–water partition coefficient (Wildman–Crippen LogP) is 1.77. The van der Waals surface area contributed by atoms with Gasteiger partial charge in [-0.25, -0.2) is 4.98 Å². The number of nitrogens with two attached hydrogens (primary N) is 1. The summed E-state index contributed by atoms with van der Waals surface area (Å²) in [6.45, 7) is 4.25. The Balaban J connectivity index is 0.00000205. The molecule has 11 heteroatoms. The molecule has 1 atom stereocenters. The molecular weight excluding hydrogens is 394 g/mol. The van der Waals surface area contributed by atoms with Crippen LogP contribution in [0.1, 0.15) is 6.92 Å². The van der Waals surface area contributed by atoms with Crippen molar-refractivity contribution in [2.24, 2.45) is 7.05 Å². The van der Waals surface area contributed by atoms with Gasteiger partial charge in [-0.1, -0.05) is 0 Å². The highest BCUT2D eigenvalue weighted by molar-refractivity contribution is 6.01. The van der Waals surface area contributed by atoms with Crippen LogP contribution in [0.3, 0.4) is 0 Å². The van der Waals surface area contributed by atoms with Gasteiger partial charge in [0.15, 0.2) is 17.3 Å². The molecule has 0 spiro atoms. The fourth-order valence-corrected chi connectivity index (χ4v) is 3.72. The Morgan fingerprint density at radius 3 is 2.83 bits per heavy atom. The van der Waals surface area contributed by atoms with Crippen molar-refractivity contribution < 1.29 is 4.74 Å². The first kappa shape index (κ1) is 19.2. The molecule has 4 aromatic heterocycles. The number of H-pyrrole nitrogens is 1. The number of rotatable bonds is 3. The third-order valence-electron chi connectivity index (χ3n) is 5.12. The predicted molar refractivity (Wildman–Crippen MR) is 113 cm³/mol. The van der Waals surface area contributed by atoms with E-state index >= 15 is 0 Å². The van der Waals surface area contributed by atoms with E-state index in [0.29, 0.717) is 30.5 Å². The lowest BCUT2D eigenvalue weighted by molar-refractivity contribution is 0.0985. The van der Waals surface area contributed by atoms with Gasteiger partial charge in [0.2, 0.25) is 0 Å². The normalized spacial score (nSPS) is 16.9. The number of aromatic nitrogens is 7. The molecule has 1 aliphatic rings. The van der Waals surface area contributed by atoms with E-state index in [4.69, 9.17) is 15.5 Å². The molecule has 1 aliphatic heterocycles. The van der Waals surface area contributed by atoms with Crippen LogP contribution in [0.15, 0.2) is 30.6 Å². The number of hydrogen-bond acceptors (Lipinski definition) is 7. The van der Waals surface area contributed by atoms with E-state index in [0.717, 1.165) is 29.0 Å². The van der Waals surface area contributed by atoms with Crippen LogP contribution in [0.25, 0.3) is 28.1 Å². The zero-order valence-corrected chi connectivity index (χ0v) is 16.9. The molecule has 29 heavy (non-hydrogen) atoms. The van der Waals surface area contributed by atoms with Crippen molar-refractivity contribution in [2.75, 3.05) is 30.4 Å². The van der Waals surface area contributed by atoms with E-state index in [1.807, 2.05) is 23.9 Å². The van der Waals surface area contributed by atoms with E-state index in [-0.39, 0.29) is 18.4 Å². The molecule has 0 aromatic carbocycles. The van der Waals surface area contributed by atoms with Crippen molar-refractivity contribution in [2.45, 2.75) is 13.0 Å². The lowest BCUT2D eigenvalue weighted by atomic mass is 10.1. The van der Waals surface area contributed by atoms with Gasteiger partial charge in [-0.3, -0.25) is 9.78 Å². The number of fused-ring (bicyclic) bond motifs is 1. The van der Waals surface area contributed by atoms with Crippen LogP contribution in [-0.2, 0) is 11.8 Å². The number of aromatic amines is 1. The van der Waals surface area contributed by atoms with Crippen LogP contribution in [-0.4, -0.2) is 60.5 Å². The standard InChI is InChI=1S/C18H21N9O.ClH/c1-11-10-28-8-7-26(11)15-9-12(13-3-6-21-25(13)2)16-17(19)24-27(18(16)22-15)14-4-5-20-23-14;/h3-6,9,11H,7-8,10H2,1-2H3,(H2,19,24)(H,20,23);1H. The van der Waals surface area contributed by atoms with Crippen LogP contribution in [0.4, 0.5) is 11.6 Å². The maximum Gasteiger partial charge on any atom is 0.169 e. The topological polar surface area (TPSA) is 116 Å². The minimum absolute atomic E-state index is 0. The van der Waals surface area contributed by atoms with Gasteiger partial charge in [0.1, 0.15) is 5.82 Å². The van der Waals surface area contributed by atoms with Crippen LogP contribution >= 0.6 is 12.4 Å². The number of morpholine rings is 1. The number of pyridine rings is 1. The molecule has 1 unspecified atom stereocenters. The Labute approximate surface area is 173 Å². The monoisotopic (exact) mass is 415 g/mol. The fraction of sp³-hybridized carbons (Fsp3) is 0.333. The minimum atomic E-state index is 0. The Bertz CT molecular complexity index is 1130. The van der Waals surface area contributed by atoms with Gasteiger partial charge < -0.3 is 15.4 Å². The highest BCUT2D eigenvalue weighted by Gasteiger charge is 2.25. The van der Waals surface area contributed by atoms with Gasteiger partial charge in [0.25, 0.3) is 0 Å². The molecule has 5 rings (SSSR count). The van der Waals surface area contributed by atoms with Crippen molar-refractivity contribution in [1.82, 2.24) is 34.7 Å². The van der Waals surface area contributed by atoms with Crippen molar-refractivity contribution in [3.05, 3.63) is 30.6 Å². The van der Waals surface area contributed by atoms with Crippen molar-refractivity contribution >= 4 is 35.1 Å². The van der Waals surface area contributed by atoms with Crippen LogP contribution in [0.5, 0.6) is 0 Å². The third kappa shape index (κ3) is 3.10. The van der Waals surface area contributed by atoms with Crippen molar-refractivity contribution in [3.8, 4) is 17.1 Å². The van der Waals surface area contributed by atoms with Gasteiger partial charge in [0.05, 0.1) is 36.5 Å². The zero-order valence-electron chi connectivity index (χ0n) is 16.1. The van der Waals surface area contributed by atoms with Gasteiger partial charge in [-0.2, -0.15) is 14.9 Å². The van der Waals surface area contributed by atoms with Gasteiger partial charge in [-0.05, 0) is 19.1 Å². The van der Waals surface area contributed by atoms with E-state index in [1.54, 1.807) is 17.1 Å². The molecule has 3 N–H and O–H groups in total. The number of hydrogen-bond donors (Lipinski definition) is 2. The number of nitrogens with zero attached hydrogens (tertiary/aromatic N) is 7. The van der Waals surface area contributed by atoms with E-state index in [2.05, 4.69) is 38.3 Å². The van der Waals surface area contributed by atoms with Gasteiger partial charge >= 0.3 is 0 Å². The summed E-state index contributed by atoms with van der Waals surface area (Å²) in [6, 6.07) is 6.09.